The highest BCUT2D eigenvalue weighted by atomic mass is 16.5. The molecule has 2 aromatic rings. The Labute approximate surface area is 130 Å². The van der Waals surface area contributed by atoms with Crippen LogP contribution in [0.1, 0.15) is 18.3 Å². The highest BCUT2D eigenvalue weighted by Gasteiger charge is 2.11. The molecule has 0 radical (unpaired) electrons. The Balaban J connectivity index is 1.88. The van der Waals surface area contributed by atoms with Crippen molar-refractivity contribution >= 4 is 17.1 Å². The molecule has 0 spiro atoms. The van der Waals surface area contributed by atoms with E-state index >= 15 is 0 Å². The highest BCUT2D eigenvalue weighted by molar-refractivity contribution is 5.78. The first-order chi connectivity index (χ1) is 10.5. The zero-order valence-corrected chi connectivity index (χ0v) is 13.6. The summed E-state index contributed by atoms with van der Waals surface area (Å²) in [7, 11) is 3.41. The van der Waals surface area contributed by atoms with Gasteiger partial charge in [0.15, 0.2) is 0 Å². The number of aryl methyl sites for hydroxylation is 1. The van der Waals surface area contributed by atoms with Crippen molar-refractivity contribution in [3.63, 3.8) is 0 Å². The number of fused-ring (bicyclic) bond motifs is 1. The van der Waals surface area contributed by atoms with Crippen LogP contribution >= 0.6 is 0 Å². The molecule has 2 amide bonds. The first-order valence-electron chi connectivity index (χ1n) is 7.47. The number of benzene rings is 1. The zero-order valence-electron chi connectivity index (χ0n) is 13.6. The summed E-state index contributed by atoms with van der Waals surface area (Å²) in [4.78, 5) is 21.5. The van der Waals surface area contributed by atoms with Crippen molar-refractivity contribution in [3.8, 4) is 0 Å². The Kier molecular flexibility index (Phi) is 5.38. The number of nitrogens with one attached hydrogen (secondary N) is 2. The van der Waals surface area contributed by atoms with Crippen molar-refractivity contribution in [2.75, 3.05) is 27.2 Å². The van der Waals surface area contributed by atoms with Crippen LogP contribution in [0.4, 0.5) is 4.79 Å². The number of aromatic nitrogens is 2. The maximum atomic E-state index is 11.9. The van der Waals surface area contributed by atoms with Gasteiger partial charge in [-0.05, 0) is 25.5 Å². The van der Waals surface area contributed by atoms with Gasteiger partial charge in [0.05, 0.1) is 17.1 Å². The number of hydrogen-bond acceptors (Lipinski definition) is 3. The van der Waals surface area contributed by atoms with E-state index < -0.39 is 0 Å². The van der Waals surface area contributed by atoms with E-state index in [9.17, 15) is 4.79 Å². The van der Waals surface area contributed by atoms with Crippen LogP contribution in [0.25, 0.3) is 11.0 Å². The molecule has 6 heteroatoms. The predicted octanol–water partition coefficient (Wildman–Crippen LogP) is 2.09. The van der Waals surface area contributed by atoms with Gasteiger partial charge in [-0.1, -0.05) is 12.1 Å². The topological polar surface area (TPSA) is 70.2 Å². The van der Waals surface area contributed by atoms with Crippen molar-refractivity contribution in [3.05, 3.63) is 29.6 Å². The summed E-state index contributed by atoms with van der Waals surface area (Å²) in [5.74, 6) is 0.897. The molecule has 0 aliphatic heterocycles. The number of urea groups is 1. The number of likely N-dealkylation sites (N-methyl/N-ethyl adjacent to an activating group) is 1. The first-order valence-corrected chi connectivity index (χ1v) is 7.47. The molecule has 120 valence electrons. The third-order valence-corrected chi connectivity index (χ3v) is 3.74. The number of para-hydroxylation sites is 1. The number of imidazole rings is 1. The van der Waals surface area contributed by atoms with E-state index in [1.54, 1.807) is 19.1 Å². The second kappa shape index (κ2) is 7.26. The molecule has 0 aliphatic rings. The minimum Gasteiger partial charge on any atom is -0.380 e. The lowest BCUT2D eigenvalue weighted by Crippen LogP contribution is -2.41. The number of carbonyl (C=O) groups is 1. The molecule has 0 aliphatic carbocycles. The Morgan fingerprint density at radius 2 is 2.27 bits per heavy atom. The second-order valence-corrected chi connectivity index (χ2v) is 5.56. The molecule has 0 unspecified atom stereocenters. The standard InChI is InChI=1S/C16H24N4O2/c1-11-6-5-7-13-15(11)19-14(18-13)8-9-20(3)16(21)17-10-12(2)22-4/h5-7,12H,8-10H2,1-4H3,(H,17,21)(H,18,19)/t12-/m0/s1. The number of amides is 2. The highest BCUT2D eigenvalue weighted by Crippen LogP contribution is 2.15. The van der Waals surface area contributed by atoms with Crippen LogP contribution in [0.3, 0.4) is 0 Å². The van der Waals surface area contributed by atoms with Crippen LogP contribution in [0, 0.1) is 6.92 Å². The molecule has 2 rings (SSSR count). The van der Waals surface area contributed by atoms with Gasteiger partial charge >= 0.3 is 6.03 Å². The maximum absolute atomic E-state index is 11.9. The van der Waals surface area contributed by atoms with E-state index in [1.807, 2.05) is 32.0 Å². The summed E-state index contributed by atoms with van der Waals surface area (Å²) in [6.07, 6.45) is 0.702. The summed E-state index contributed by atoms with van der Waals surface area (Å²) in [5.41, 5.74) is 3.19. The Morgan fingerprint density at radius 1 is 1.50 bits per heavy atom. The lowest BCUT2D eigenvalue weighted by atomic mass is 10.2. The summed E-state index contributed by atoms with van der Waals surface area (Å²) in [6, 6.07) is 5.97. The van der Waals surface area contributed by atoms with E-state index in [2.05, 4.69) is 15.3 Å². The molecule has 0 bridgehead atoms. The molecular weight excluding hydrogens is 280 g/mol. The number of H-pyrrole nitrogens is 1. The molecule has 6 nitrogen and oxygen atoms in total. The summed E-state index contributed by atoms with van der Waals surface area (Å²) in [5, 5.41) is 2.84. The molecule has 0 saturated heterocycles. The molecule has 0 fully saturated rings. The predicted molar refractivity (Wildman–Crippen MR) is 87.0 cm³/mol. The fraction of sp³-hybridized carbons (Fsp3) is 0.500. The van der Waals surface area contributed by atoms with Crippen LogP contribution in [-0.2, 0) is 11.2 Å². The summed E-state index contributed by atoms with van der Waals surface area (Å²) >= 11 is 0. The number of nitrogens with zero attached hydrogens (tertiary/aromatic N) is 2. The van der Waals surface area contributed by atoms with E-state index in [0.717, 1.165) is 22.4 Å². The summed E-state index contributed by atoms with van der Waals surface area (Å²) in [6.45, 7) is 5.07. The van der Waals surface area contributed by atoms with Gasteiger partial charge in [-0.3, -0.25) is 0 Å². The van der Waals surface area contributed by atoms with Gasteiger partial charge in [0.25, 0.3) is 0 Å². The van der Waals surface area contributed by atoms with Crippen molar-refractivity contribution in [1.29, 1.82) is 0 Å². The van der Waals surface area contributed by atoms with Crippen molar-refractivity contribution in [2.24, 2.45) is 0 Å². The van der Waals surface area contributed by atoms with E-state index in [4.69, 9.17) is 4.74 Å². The third kappa shape index (κ3) is 3.98. The van der Waals surface area contributed by atoms with Gasteiger partial charge in [-0.25, -0.2) is 9.78 Å². The summed E-state index contributed by atoms with van der Waals surface area (Å²) < 4.78 is 5.11. The van der Waals surface area contributed by atoms with E-state index in [0.29, 0.717) is 19.5 Å². The monoisotopic (exact) mass is 304 g/mol. The van der Waals surface area contributed by atoms with Gasteiger partial charge in [-0.15, -0.1) is 0 Å². The molecule has 1 aromatic heterocycles. The quantitative estimate of drug-likeness (QED) is 0.858. The van der Waals surface area contributed by atoms with Gasteiger partial charge < -0.3 is 19.9 Å². The minimum atomic E-state index is -0.101. The van der Waals surface area contributed by atoms with Crippen molar-refractivity contribution in [2.45, 2.75) is 26.4 Å². The first kappa shape index (κ1) is 16.3. The Bertz CT molecular complexity index is 638. The smallest absolute Gasteiger partial charge is 0.317 e. The van der Waals surface area contributed by atoms with Crippen LogP contribution < -0.4 is 5.32 Å². The molecule has 22 heavy (non-hydrogen) atoms. The van der Waals surface area contributed by atoms with E-state index in [1.165, 1.54) is 0 Å². The van der Waals surface area contributed by atoms with Crippen LogP contribution in [0.5, 0.6) is 0 Å². The Hall–Kier alpha value is -2.08. The minimum absolute atomic E-state index is 0.00991. The van der Waals surface area contributed by atoms with Gasteiger partial charge in [0.1, 0.15) is 5.82 Å². The molecular formula is C16H24N4O2. The molecule has 1 heterocycles. The fourth-order valence-corrected chi connectivity index (χ4v) is 2.17. The SMILES string of the molecule is CO[C@@H](C)CNC(=O)N(C)CCc1nc2c(C)cccc2[nH]1. The number of rotatable bonds is 6. The molecule has 2 N–H and O–H groups in total. The number of aromatic amines is 1. The fourth-order valence-electron chi connectivity index (χ4n) is 2.17. The maximum Gasteiger partial charge on any atom is 0.317 e. The normalized spacial score (nSPS) is 12.4. The number of hydrogen-bond donors (Lipinski definition) is 2. The average Bonchev–Trinajstić information content (AvgIpc) is 2.94. The van der Waals surface area contributed by atoms with Gasteiger partial charge in [-0.2, -0.15) is 0 Å². The number of methoxy groups -OCH3 is 1. The lowest BCUT2D eigenvalue weighted by molar-refractivity contribution is 0.116. The zero-order chi connectivity index (χ0) is 16.1. The molecule has 1 atom stereocenters. The largest absolute Gasteiger partial charge is 0.380 e. The van der Waals surface area contributed by atoms with Crippen molar-refractivity contribution < 1.29 is 9.53 Å². The number of carbonyl (C=O) groups excluding carboxylic acids is 1. The second-order valence-electron chi connectivity index (χ2n) is 5.56. The van der Waals surface area contributed by atoms with Crippen LogP contribution in [-0.4, -0.2) is 54.2 Å². The van der Waals surface area contributed by atoms with Crippen LogP contribution in [0.2, 0.25) is 0 Å². The van der Waals surface area contributed by atoms with Crippen LogP contribution in [0.15, 0.2) is 18.2 Å². The van der Waals surface area contributed by atoms with Gasteiger partial charge in [0, 0.05) is 33.7 Å². The molecule has 1 aromatic carbocycles. The average molecular weight is 304 g/mol. The van der Waals surface area contributed by atoms with Crippen molar-refractivity contribution in [1.82, 2.24) is 20.2 Å². The third-order valence-electron chi connectivity index (χ3n) is 3.74. The molecule has 0 saturated carbocycles. The Morgan fingerprint density at radius 3 is 2.95 bits per heavy atom. The number of ether oxygens (including phenoxy) is 1. The van der Waals surface area contributed by atoms with Gasteiger partial charge in [0.2, 0.25) is 0 Å². The van der Waals surface area contributed by atoms with E-state index in [-0.39, 0.29) is 12.1 Å². The lowest BCUT2D eigenvalue weighted by Gasteiger charge is -2.18.